The number of piperidine rings is 1. The Morgan fingerprint density at radius 3 is 2.74 bits per heavy atom. The molecule has 1 heterocycles. The molecule has 6 heteroatoms. The minimum atomic E-state index is -0.418. The van der Waals surface area contributed by atoms with Crippen molar-refractivity contribution in [2.45, 2.75) is 18.9 Å². The van der Waals surface area contributed by atoms with E-state index in [0.717, 1.165) is 25.9 Å². The van der Waals surface area contributed by atoms with Gasteiger partial charge in [0.25, 0.3) is 5.69 Å². The van der Waals surface area contributed by atoms with Crippen LogP contribution < -0.4 is 5.32 Å². The number of nitrogens with one attached hydrogen (secondary N) is 1. The fourth-order valence-corrected chi connectivity index (χ4v) is 2.25. The van der Waals surface area contributed by atoms with E-state index in [1.165, 1.54) is 12.1 Å². The summed E-state index contributed by atoms with van der Waals surface area (Å²) in [6.07, 6.45) is 1.90. The van der Waals surface area contributed by atoms with Crippen LogP contribution in [0, 0.1) is 21.4 Å². The summed E-state index contributed by atoms with van der Waals surface area (Å²) in [6, 6.07) is 6.64. The van der Waals surface area contributed by atoms with Gasteiger partial charge in [0, 0.05) is 12.1 Å². The van der Waals surface area contributed by atoms with Crippen LogP contribution in [0.15, 0.2) is 18.2 Å². The van der Waals surface area contributed by atoms with Gasteiger partial charge in [0.15, 0.2) is 0 Å². The van der Waals surface area contributed by atoms with Gasteiger partial charge in [-0.05, 0) is 45.1 Å². The van der Waals surface area contributed by atoms with Gasteiger partial charge in [-0.15, -0.1) is 0 Å². The lowest BCUT2D eigenvalue weighted by atomic mass is 10.0. The summed E-state index contributed by atoms with van der Waals surface area (Å²) < 4.78 is 0. The molecule has 0 atom stereocenters. The number of rotatable bonds is 3. The lowest BCUT2D eigenvalue weighted by Gasteiger charge is -2.30. The smallest absolute Gasteiger partial charge is 0.292 e. The van der Waals surface area contributed by atoms with Crippen molar-refractivity contribution in [1.82, 2.24) is 4.90 Å². The summed E-state index contributed by atoms with van der Waals surface area (Å²) in [5, 5.41) is 23.1. The minimum absolute atomic E-state index is 0.0259. The average Bonchev–Trinajstić information content (AvgIpc) is 2.41. The van der Waals surface area contributed by atoms with Gasteiger partial charge in [0.2, 0.25) is 0 Å². The highest BCUT2D eigenvalue weighted by atomic mass is 16.6. The lowest BCUT2D eigenvalue weighted by Crippen LogP contribution is -2.36. The third kappa shape index (κ3) is 3.20. The van der Waals surface area contributed by atoms with Gasteiger partial charge < -0.3 is 10.2 Å². The van der Waals surface area contributed by atoms with Gasteiger partial charge in [-0.25, -0.2) is 0 Å². The lowest BCUT2D eigenvalue weighted by molar-refractivity contribution is -0.384. The molecule has 0 spiro atoms. The second-order valence-electron chi connectivity index (χ2n) is 4.82. The Bertz CT molecular complexity index is 516. The summed E-state index contributed by atoms with van der Waals surface area (Å²) in [6.45, 7) is 1.95. The Hall–Kier alpha value is -2.13. The number of benzene rings is 1. The first-order valence-electron chi connectivity index (χ1n) is 6.24. The van der Waals surface area contributed by atoms with Gasteiger partial charge in [0.1, 0.15) is 5.69 Å². The Morgan fingerprint density at radius 1 is 1.47 bits per heavy atom. The zero-order chi connectivity index (χ0) is 13.8. The molecule has 19 heavy (non-hydrogen) atoms. The summed E-state index contributed by atoms with van der Waals surface area (Å²) in [5.41, 5.74) is 0.901. The second-order valence-corrected chi connectivity index (χ2v) is 4.82. The van der Waals surface area contributed by atoms with Crippen molar-refractivity contribution in [3.05, 3.63) is 33.9 Å². The quantitative estimate of drug-likeness (QED) is 0.663. The van der Waals surface area contributed by atoms with Crippen molar-refractivity contribution >= 4 is 11.4 Å². The maximum Gasteiger partial charge on any atom is 0.292 e. The maximum absolute atomic E-state index is 11.0. The number of nitrogens with zero attached hydrogens (tertiary/aromatic N) is 3. The number of nitro groups is 1. The molecule has 0 aliphatic carbocycles. The van der Waals surface area contributed by atoms with E-state index < -0.39 is 4.92 Å². The van der Waals surface area contributed by atoms with Crippen LogP contribution in [0.4, 0.5) is 11.4 Å². The van der Waals surface area contributed by atoms with Crippen molar-refractivity contribution in [3.63, 3.8) is 0 Å². The zero-order valence-corrected chi connectivity index (χ0v) is 10.8. The van der Waals surface area contributed by atoms with Crippen molar-refractivity contribution in [2.24, 2.45) is 0 Å². The zero-order valence-electron chi connectivity index (χ0n) is 10.8. The molecule has 1 fully saturated rings. The first-order valence-corrected chi connectivity index (χ1v) is 6.24. The Balaban J connectivity index is 2.18. The molecule has 0 saturated carbocycles. The predicted octanol–water partition coefficient (Wildman–Crippen LogP) is 1.97. The van der Waals surface area contributed by atoms with Gasteiger partial charge in [-0.3, -0.25) is 10.1 Å². The van der Waals surface area contributed by atoms with E-state index in [2.05, 4.69) is 17.3 Å². The number of nitriles is 1. The van der Waals surface area contributed by atoms with Crippen molar-refractivity contribution < 1.29 is 4.92 Å². The molecule has 1 aromatic rings. The predicted molar refractivity (Wildman–Crippen MR) is 72.0 cm³/mol. The molecule has 2 rings (SSSR count). The van der Waals surface area contributed by atoms with Gasteiger partial charge in [-0.1, -0.05) is 0 Å². The highest BCUT2D eigenvalue weighted by molar-refractivity contribution is 5.64. The number of nitro benzene ring substituents is 1. The standard InChI is InChI=1S/C13H16N4O2/c1-16-6-4-11(5-7-16)15-12-8-10(9-14)2-3-13(12)17(18)19/h2-3,8,11,15H,4-7H2,1H3. The monoisotopic (exact) mass is 260 g/mol. The van der Waals surface area contributed by atoms with Crippen LogP contribution >= 0.6 is 0 Å². The number of likely N-dealkylation sites (tertiary alicyclic amines) is 1. The van der Waals surface area contributed by atoms with E-state index in [1.807, 2.05) is 6.07 Å². The second kappa shape index (κ2) is 5.67. The van der Waals surface area contributed by atoms with E-state index in [0.29, 0.717) is 11.3 Å². The van der Waals surface area contributed by atoms with E-state index >= 15 is 0 Å². The van der Waals surface area contributed by atoms with Crippen LogP contribution in [0.2, 0.25) is 0 Å². The first kappa shape index (κ1) is 13.3. The third-order valence-corrected chi connectivity index (χ3v) is 3.40. The summed E-state index contributed by atoms with van der Waals surface area (Å²) in [4.78, 5) is 12.8. The van der Waals surface area contributed by atoms with E-state index in [-0.39, 0.29) is 11.7 Å². The number of hydrogen-bond acceptors (Lipinski definition) is 5. The van der Waals surface area contributed by atoms with Gasteiger partial charge >= 0.3 is 0 Å². The largest absolute Gasteiger partial charge is 0.377 e. The molecule has 1 aliphatic heterocycles. The molecular weight excluding hydrogens is 244 g/mol. The maximum atomic E-state index is 11.0. The fourth-order valence-electron chi connectivity index (χ4n) is 2.25. The molecule has 100 valence electrons. The van der Waals surface area contributed by atoms with Crippen molar-refractivity contribution in [1.29, 1.82) is 5.26 Å². The summed E-state index contributed by atoms with van der Waals surface area (Å²) in [7, 11) is 2.06. The summed E-state index contributed by atoms with van der Waals surface area (Å²) >= 11 is 0. The molecule has 1 aliphatic rings. The topological polar surface area (TPSA) is 82.2 Å². The molecule has 1 saturated heterocycles. The Morgan fingerprint density at radius 2 is 2.16 bits per heavy atom. The van der Waals surface area contributed by atoms with Crippen LogP contribution in [-0.4, -0.2) is 36.0 Å². The molecule has 0 bridgehead atoms. The van der Waals surface area contributed by atoms with E-state index in [4.69, 9.17) is 5.26 Å². The third-order valence-electron chi connectivity index (χ3n) is 3.40. The fraction of sp³-hybridized carbons (Fsp3) is 0.462. The van der Waals surface area contributed by atoms with E-state index in [9.17, 15) is 10.1 Å². The molecular formula is C13H16N4O2. The minimum Gasteiger partial charge on any atom is -0.377 e. The molecule has 0 aromatic heterocycles. The Labute approximate surface area is 111 Å². The summed E-state index contributed by atoms with van der Waals surface area (Å²) in [5.74, 6) is 0. The van der Waals surface area contributed by atoms with Crippen LogP contribution in [0.3, 0.4) is 0 Å². The normalized spacial score (nSPS) is 16.8. The van der Waals surface area contributed by atoms with Crippen LogP contribution in [0.25, 0.3) is 0 Å². The molecule has 0 unspecified atom stereocenters. The first-order chi connectivity index (χ1) is 9.10. The van der Waals surface area contributed by atoms with Gasteiger partial charge in [0.05, 0.1) is 16.6 Å². The molecule has 1 aromatic carbocycles. The van der Waals surface area contributed by atoms with Crippen LogP contribution in [0.1, 0.15) is 18.4 Å². The molecule has 1 N–H and O–H groups in total. The highest BCUT2D eigenvalue weighted by Gasteiger charge is 2.20. The molecule has 0 radical (unpaired) electrons. The van der Waals surface area contributed by atoms with E-state index in [1.54, 1.807) is 6.07 Å². The van der Waals surface area contributed by atoms with Gasteiger partial charge in [-0.2, -0.15) is 5.26 Å². The van der Waals surface area contributed by atoms with Crippen LogP contribution in [-0.2, 0) is 0 Å². The molecule has 6 nitrogen and oxygen atoms in total. The SMILES string of the molecule is CN1CCC(Nc2cc(C#N)ccc2[N+](=O)[O-])CC1. The van der Waals surface area contributed by atoms with Crippen molar-refractivity contribution in [3.8, 4) is 6.07 Å². The molecule has 0 amide bonds. The van der Waals surface area contributed by atoms with Crippen molar-refractivity contribution in [2.75, 3.05) is 25.5 Å². The number of anilines is 1. The highest BCUT2D eigenvalue weighted by Crippen LogP contribution is 2.27. The number of hydrogen-bond donors (Lipinski definition) is 1. The Kier molecular flexibility index (Phi) is 3.97. The average molecular weight is 260 g/mol. The van der Waals surface area contributed by atoms with Crippen LogP contribution in [0.5, 0.6) is 0 Å².